The van der Waals surface area contributed by atoms with Crippen LogP contribution in [0.25, 0.3) is 0 Å². The molecule has 0 aromatic heterocycles. The van der Waals surface area contributed by atoms with E-state index in [0.717, 1.165) is 12.5 Å². The second-order valence-electron chi connectivity index (χ2n) is 8.49. The van der Waals surface area contributed by atoms with E-state index < -0.39 is 29.5 Å². The Morgan fingerprint density at radius 3 is 2.56 bits per heavy atom. The maximum atomic E-state index is 13.2. The molecule has 5 rings (SSSR count). The minimum atomic E-state index is -4.61. The molecule has 1 aliphatic heterocycles. The Kier molecular flexibility index (Phi) is 4.72. The van der Waals surface area contributed by atoms with Crippen LogP contribution in [0.3, 0.4) is 0 Å². The number of amides is 2. The van der Waals surface area contributed by atoms with Crippen LogP contribution in [-0.2, 0) is 20.5 Å². The van der Waals surface area contributed by atoms with Crippen molar-refractivity contribution in [2.75, 3.05) is 10.6 Å². The summed E-state index contributed by atoms with van der Waals surface area (Å²) in [6, 6.07) is 10.7. The van der Waals surface area contributed by atoms with Crippen molar-refractivity contribution >= 4 is 29.2 Å². The minimum absolute atomic E-state index is 0.0758. The number of rotatable bonds is 4. The number of alkyl halides is 3. The first-order chi connectivity index (χ1) is 15.2. The number of fused-ring (bicyclic) bond motifs is 1. The summed E-state index contributed by atoms with van der Waals surface area (Å²) in [4.78, 5) is 37.6. The molecule has 1 heterocycles. The number of anilines is 2. The van der Waals surface area contributed by atoms with Gasteiger partial charge in [-0.05, 0) is 49.1 Å². The summed E-state index contributed by atoms with van der Waals surface area (Å²) in [6.45, 7) is 0. The molecule has 9 heteroatoms. The Morgan fingerprint density at radius 1 is 1.00 bits per heavy atom. The number of hydrogen-bond donors (Lipinski definition) is 2. The molecule has 2 aromatic carbocycles. The third-order valence-electron chi connectivity index (χ3n) is 6.66. The van der Waals surface area contributed by atoms with Crippen molar-refractivity contribution in [3.05, 3.63) is 59.7 Å². The van der Waals surface area contributed by atoms with Gasteiger partial charge in [-0.3, -0.25) is 14.4 Å². The van der Waals surface area contributed by atoms with Crippen LogP contribution < -0.4 is 10.6 Å². The average molecular weight is 444 g/mol. The first kappa shape index (κ1) is 20.5. The maximum absolute atomic E-state index is 13.2. The van der Waals surface area contributed by atoms with E-state index in [1.54, 1.807) is 6.07 Å². The molecule has 6 nitrogen and oxygen atoms in total. The zero-order valence-electron chi connectivity index (χ0n) is 16.7. The molecule has 0 unspecified atom stereocenters. The van der Waals surface area contributed by atoms with Gasteiger partial charge in [-0.2, -0.15) is 13.2 Å². The second-order valence-corrected chi connectivity index (χ2v) is 8.49. The van der Waals surface area contributed by atoms with Gasteiger partial charge in [-0.15, -0.1) is 0 Å². The van der Waals surface area contributed by atoms with Crippen LogP contribution in [0.1, 0.15) is 28.8 Å². The molecule has 2 bridgehead atoms. The average Bonchev–Trinajstić information content (AvgIpc) is 3.36. The number of halogens is 3. The van der Waals surface area contributed by atoms with Crippen molar-refractivity contribution < 1.29 is 32.3 Å². The molecule has 2 aromatic rings. The van der Waals surface area contributed by atoms with Gasteiger partial charge in [0, 0.05) is 17.2 Å². The van der Waals surface area contributed by atoms with Crippen LogP contribution in [0.2, 0.25) is 0 Å². The summed E-state index contributed by atoms with van der Waals surface area (Å²) >= 11 is 0. The highest BCUT2D eigenvalue weighted by Crippen LogP contribution is 2.57. The highest BCUT2D eigenvalue weighted by Gasteiger charge is 2.63. The predicted molar refractivity (Wildman–Crippen MR) is 108 cm³/mol. The Labute approximate surface area is 181 Å². The smallest absolute Gasteiger partial charge is 0.418 e. The molecule has 5 atom stereocenters. The van der Waals surface area contributed by atoms with E-state index in [1.807, 2.05) is 0 Å². The first-order valence-corrected chi connectivity index (χ1v) is 10.3. The minimum Gasteiger partial charge on any atom is -0.462 e. The molecule has 0 radical (unpaired) electrons. The van der Waals surface area contributed by atoms with Gasteiger partial charge >= 0.3 is 12.1 Å². The fourth-order valence-electron chi connectivity index (χ4n) is 5.36. The van der Waals surface area contributed by atoms with Crippen molar-refractivity contribution in [1.82, 2.24) is 0 Å². The van der Waals surface area contributed by atoms with Crippen LogP contribution in [0.15, 0.2) is 48.5 Å². The maximum Gasteiger partial charge on any atom is 0.418 e. The predicted octanol–water partition coefficient (Wildman–Crippen LogP) is 4.09. The highest BCUT2D eigenvalue weighted by molar-refractivity contribution is 6.06. The molecule has 0 spiro atoms. The zero-order chi connectivity index (χ0) is 22.6. The van der Waals surface area contributed by atoms with Crippen LogP contribution in [0, 0.1) is 23.7 Å². The topological polar surface area (TPSA) is 84.5 Å². The molecule has 2 saturated carbocycles. The van der Waals surface area contributed by atoms with Crippen LogP contribution in [0.4, 0.5) is 24.5 Å². The SMILES string of the molecule is O=C(Nc1ccccc1C(F)(F)F)c1cccc(NC(=O)[C@@H]2[C@@H]3C[C@@H]4[C@@H]2C(=O)O[C@@H]4C3)c1. The molecular weight excluding hydrogens is 425 g/mol. The van der Waals surface area contributed by atoms with Gasteiger partial charge in [0.05, 0.1) is 23.1 Å². The van der Waals surface area contributed by atoms with Gasteiger partial charge in [-0.25, -0.2) is 0 Å². The molecular formula is C23H19F3N2O4. The van der Waals surface area contributed by atoms with Crippen LogP contribution in [-0.4, -0.2) is 23.9 Å². The molecule has 2 amide bonds. The fourth-order valence-corrected chi connectivity index (χ4v) is 5.36. The van der Waals surface area contributed by atoms with Crippen molar-refractivity contribution in [2.24, 2.45) is 23.7 Å². The van der Waals surface area contributed by atoms with Crippen LogP contribution >= 0.6 is 0 Å². The number of carbonyl (C=O) groups is 3. The summed E-state index contributed by atoms with van der Waals surface area (Å²) < 4.78 is 44.9. The van der Waals surface area contributed by atoms with Gasteiger partial charge in [0.2, 0.25) is 5.91 Å². The summed E-state index contributed by atoms with van der Waals surface area (Å²) in [6.07, 6.45) is -3.21. The lowest BCUT2D eigenvalue weighted by Crippen LogP contribution is -2.35. The van der Waals surface area contributed by atoms with E-state index in [-0.39, 0.29) is 41.1 Å². The zero-order valence-corrected chi connectivity index (χ0v) is 16.7. The molecule has 2 aliphatic carbocycles. The standard InChI is InChI=1S/C23H19F3N2O4/c24-23(25,26)15-6-1-2-7-16(15)28-20(29)11-4-3-5-13(8-11)27-21(30)18-12-9-14-17(10-12)32-22(31)19(14)18/h1-8,12,14,17-19H,9-10H2,(H,27,30)(H,28,29)/t12-,14+,17-,18-,19+/m1/s1. The van der Waals surface area contributed by atoms with Gasteiger partial charge in [0.25, 0.3) is 5.91 Å². The van der Waals surface area contributed by atoms with Gasteiger partial charge in [0.15, 0.2) is 0 Å². The Bertz CT molecular complexity index is 1110. The number of esters is 1. The summed E-state index contributed by atoms with van der Waals surface area (Å²) in [7, 11) is 0. The van der Waals surface area contributed by atoms with Gasteiger partial charge in [0.1, 0.15) is 6.10 Å². The van der Waals surface area contributed by atoms with Crippen molar-refractivity contribution in [3.8, 4) is 0 Å². The molecule has 166 valence electrons. The van der Waals surface area contributed by atoms with Crippen molar-refractivity contribution in [2.45, 2.75) is 25.1 Å². The van der Waals surface area contributed by atoms with E-state index >= 15 is 0 Å². The molecule has 32 heavy (non-hydrogen) atoms. The largest absolute Gasteiger partial charge is 0.462 e. The molecule has 3 aliphatic rings. The lowest BCUT2D eigenvalue weighted by molar-refractivity contribution is -0.145. The van der Waals surface area contributed by atoms with Gasteiger partial charge < -0.3 is 15.4 Å². The molecule has 2 N–H and O–H groups in total. The number of benzene rings is 2. The highest BCUT2D eigenvalue weighted by atomic mass is 19.4. The summed E-state index contributed by atoms with van der Waals surface area (Å²) in [5.74, 6) is -2.08. The number of ether oxygens (including phenoxy) is 1. The van der Waals surface area contributed by atoms with E-state index in [4.69, 9.17) is 4.74 Å². The quantitative estimate of drug-likeness (QED) is 0.696. The lowest BCUT2D eigenvalue weighted by Gasteiger charge is -2.23. The third-order valence-corrected chi connectivity index (χ3v) is 6.66. The fraction of sp³-hybridized carbons (Fsp3) is 0.348. The monoisotopic (exact) mass is 444 g/mol. The second kappa shape index (κ2) is 7.36. The van der Waals surface area contributed by atoms with Gasteiger partial charge in [-0.1, -0.05) is 18.2 Å². The van der Waals surface area contributed by atoms with E-state index in [0.29, 0.717) is 12.1 Å². The number of hydrogen-bond acceptors (Lipinski definition) is 4. The Morgan fingerprint density at radius 2 is 1.78 bits per heavy atom. The normalized spacial score (nSPS) is 27.8. The summed E-state index contributed by atoms with van der Waals surface area (Å²) in [5, 5.41) is 5.05. The number of nitrogens with one attached hydrogen (secondary N) is 2. The van der Waals surface area contributed by atoms with Crippen molar-refractivity contribution in [3.63, 3.8) is 0 Å². The van der Waals surface area contributed by atoms with E-state index in [1.165, 1.54) is 36.4 Å². The van der Waals surface area contributed by atoms with E-state index in [9.17, 15) is 27.6 Å². The van der Waals surface area contributed by atoms with Crippen molar-refractivity contribution in [1.29, 1.82) is 0 Å². The Hall–Kier alpha value is -3.36. The molecule has 1 saturated heterocycles. The first-order valence-electron chi connectivity index (χ1n) is 10.3. The number of carbonyl (C=O) groups excluding carboxylic acids is 3. The number of para-hydroxylation sites is 1. The lowest BCUT2D eigenvalue weighted by atomic mass is 9.79. The van der Waals surface area contributed by atoms with Crippen LogP contribution in [0.5, 0.6) is 0 Å². The van der Waals surface area contributed by atoms with E-state index in [2.05, 4.69) is 10.6 Å². The summed E-state index contributed by atoms with van der Waals surface area (Å²) in [5.41, 5.74) is -0.878. The molecule has 3 fully saturated rings. The Balaban J connectivity index is 1.31. The third kappa shape index (κ3) is 3.41.